The van der Waals surface area contributed by atoms with Gasteiger partial charge >= 0.3 is 5.63 Å². The van der Waals surface area contributed by atoms with Crippen LogP contribution in [0.15, 0.2) is 57.8 Å². The zero-order valence-corrected chi connectivity index (χ0v) is 15.7. The molecule has 1 aliphatic heterocycles. The number of carbonyl (C=O) groups excluding carboxylic acids is 1. The van der Waals surface area contributed by atoms with E-state index in [4.69, 9.17) is 13.9 Å². The number of fused-ring (bicyclic) bond motifs is 2. The van der Waals surface area contributed by atoms with Crippen molar-refractivity contribution in [2.75, 3.05) is 12.4 Å². The highest BCUT2D eigenvalue weighted by molar-refractivity contribution is 6.05. The van der Waals surface area contributed by atoms with E-state index in [1.54, 1.807) is 36.4 Å². The second-order valence-corrected chi connectivity index (χ2v) is 7.10. The molecule has 0 bridgehead atoms. The Morgan fingerprint density at radius 3 is 2.71 bits per heavy atom. The Bertz CT molecular complexity index is 1170. The molecule has 6 heteroatoms. The molecule has 142 valence electrons. The number of rotatable bonds is 3. The van der Waals surface area contributed by atoms with Crippen LogP contribution in [0.3, 0.4) is 0 Å². The number of amides is 1. The van der Waals surface area contributed by atoms with Gasteiger partial charge in [-0.15, -0.1) is 0 Å². The van der Waals surface area contributed by atoms with Crippen molar-refractivity contribution in [2.45, 2.75) is 19.4 Å². The fraction of sp³-hybridized carbons (Fsp3) is 0.182. The van der Waals surface area contributed by atoms with Crippen LogP contribution in [-0.2, 0) is 0 Å². The molecule has 0 saturated carbocycles. The molecule has 28 heavy (non-hydrogen) atoms. The summed E-state index contributed by atoms with van der Waals surface area (Å²) >= 11 is 0. The van der Waals surface area contributed by atoms with Gasteiger partial charge < -0.3 is 19.2 Å². The van der Waals surface area contributed by atoms with Gasteiger partial charge in [0.25, 0.3) is 5.91 Å². The second kappa shape index (κ2) is 6.56. The smallest absolute Gasteiger partial charge is 0.349 e. The van der Waals surface area contributed by atoms with Gasteiger partial charge in [-0.3, -0.25) is 4.79 Å². The molecule has 0 radical (unpaired) electrons. The Morgan fingerprint density at radius 1 is 1.11 bits per heavy atom. The zero-order chi connectivity index (χ0) is 19.9. The Hall–Kier alpha value is -3.54. The third kappa shape index (κ3) is 3.36. The summed E-state index contributed by atoms with van der Waals surface area (Å²) in [7, 11) is 1.53. The predicted molar refractivity (Wildman–Crippen MR) is 107 cm³/mol. The quantitative estimate of drug-likeness (QED) is 0.691. The van der Waals surface area contributed by atoms with Gasteiger partial charge in [-0.25, -0.2) is 4.79 Å². The summed E-state index contributed by atoms with van der Waals surface area (Å²) in [5.41, 5.74) is 0.634. The van der Waals surface area contributed by atoms with E-state index in [9.17, 15) is 9.59 Å². The molecule has 0 saturated heterocycles. The minimum absolute atomic E-state index is 0.0664. The molecule has 0 atom stereocenters. The Kier molecular flexibility index (Phi) is 4.19. The normalized spacial score (nSPS) is 14.2. The molecule has 6 nitrogen and oxygen atoms in total. The molecular weight excluding hydrogens is 358 g/mol. The molecular formula is C22H19NO5. The summed E-state index contributed by atoms with van der Waals surface area (Å²) in [6.07, 6.45) is 3.90. The van der Waals surface area contributed by atoms with Gasteiger partial charge in [0, 0.05) is 22.7 Å². The molecule has 4 rings (SSSR count). The first-order chi connectivity index (χ1) is 13.3. The Balaban J connectivity index is 1.62. The number of hydrogen-bond donors (Lipinski definition) is 1. The molecule has 2 aromatic carbocycles. The third-order valence-electron chi connectivity index (χ3n) is 4.49. The first-order valence-corrected chi connectivity index (χ1v) is 8.80. The van der Waals surface area contributed by atoms with Gasteiger partial charge in [-0.05, 0) is 56.3 Å². The first kappa shape index (κ1) is 17.9. The lowest BCUT2D eigenvalue weighted by Gasteiger charge is -2.28. The number of ether oxygens (including phenoxy) is 2. The molecule has 0 aliphatic carbocycles. The summed E-state index contributed by atoms with van der Waals surface area (Å²) in [6.45, 7) is 3.94. The van der Waals surface area contributed by atoms with Crippen LogP contribution in [0.5, 0.6) is 11.5 Å². The Morgan fingerprint density at radius 2 is 1.93 bits per heavy atom. The summed E-state index contributed by atoms with van der Waals surface area (Å²) in [5, 5.41) is 3.38. The van der Waals surface area contributed by atoms with E-state index < -0.39 is 11.5 Å². The molecule has 1 amide bonds. The van der Waals surface area contributed by atoms with E-state index >= 15 is 0 Å². The van der Waals surface area contributed by atoms with Crippen molar-refractivity contribution in [3.05, 3.63) is 70.1 Å². The molecule has 0 spiro atoms. The lowest BCUT2D eigenvalue weighted by Crippen LogP contribution is -2.27. The molecule has 0 fully saturated rings. The van der Waals surface area contributed by atoms with Crippen molar-refractivity contribution in [1.82, 2.24) is 0 Å². The lowest BCUT2D eigenvalue weighted by molar-refractivity contribution is 0.102. The van der Waals surface area contributed by atoms with Gasteiger partial charge in [0.2, 0.25) is 0 Å². The van der Waals surface area contributed by atoms with Crippen LogP contribution in [0.25, 0.3) is 17.0 Å². The van der Waals surface area contributed by atoms with Crippen LogP contribution in [0.1, 0.15) is 29.8 Å². The monoisotopic (exact) mass is 377 g/mol. The van der Waals surface area contributed by atoms with Crippen LogP contribution < -0.4 is 20.4 Å². The summed E-state index contributed by atoms with van der Waals surface area (Å²) in [6, 6.07) is 11.9. The van der Waals surface area contributed by atoms with E-state index in [0.717, 1.165) is 11.3 Å². The third-order valence-corrected chi connectivity index (χ3v) is 4.49. The predicted octanol–water partition coefficient (Wildman–Crippen LogP) is 4.24. The number of hydrogen-bond acceptors (Lipinski definition) is 5. The van der Waals surface area contributed by atoms with Crippen molar-refractivity contribution in [2.24, 2.45) is 0 Å². The van der Waals surface area contributed by atoms with Crippen LogP contribution in [0.4, 0.5) is 5.69 Å². The Labute approximate surface area is 161 Å². The number of carbonyl (C=O) groups is 1. The van der Waals surface area contributed by atoms with Crippen molar-refractivity contribution in [3.8, 4) is 11.5 Å². The first-order valence-electron chi connectivity index (χ1n) is 8.80. The van der Waals surface area contributed by atoms with E-state index in [0.29, 0.717) is 22.4 Å². The molecule has 2 heterocycles. The highest BCUT2D eigenvalue weighted by Crippen LogP contribution is 2.32. The van der Waals surface area contributed by atoms with E-state index in [1.807, 2.05) is 26.0 Å². The van der Waals surface area contributed by atoms with Gasteiger partial charge in [-0.2, -0.15) is 0 Å². The highest BCUT2D eigenvalue weighted by atomic mass is 16.5. The summed E-state index contributed by atoms with van der Waals surface area (Å²) < 4.78 is 16.3. The summed E-state index contributed by atoms with van der Waals surface area (Å²) in [5.74, 6) is 0.775. The van der Waals surface area contributed by atoms with Crippen molar-refractivity contribution in [3.63, 3.8) is 0 Å². The molecule has 1 aromatic heterocycles. The standard InChI is InChI=1S/C22H19NO5/c1-22(2)9-8-14-10-15(5-7-18(14)28-22)23-20(24)17-11-13-4-6-16(26-3)12-19(13)27-21(17)25/h4-12H,1-3H3,(H,23,24). The fourth-order valence-electron chi connectivity index (χ4n) is 3.03. The van der Waals surface area contributed by atoms with E-state index in [1.165, 1.54) is 13.2 Å². The maximum atomic E-state index is 12.6. The number of anilines is 1. The topological polar surface area (TPSA) is 77.8 Å². The fourth-order valence-corrected chi connectivity index (χ4v) is 3.03. The van der Waals surface area contributed by atoms with Crippen LogP contribution >= 0.6 is 0 Å². The zero-order valence-electron chi connectivity index (χ0n) is 15.7. The van der Waals surface area contributed by atoms with Crippen LogP contribution in [-0.4, -0.2) is 18.6 Å². The van der Waals surface area contributed by atoms with Crippen LogP contribution in [0, 0.1) is 0 Å². The maximum absolute atomic E-state index is 12.6. The van der Waals surface area contributed by atoms with Crippen molar-refractivity contribution in [1.29, 1.82) is 0 Å². The summed E-state index contributed by atoms with van der Waals surface area (Å²) in [4.78, 5) is 24.9. The molecule has 0 unspecified atom stereocenters. The highest BCUT2D eigenvalue weighted by Gasteiger charge is 2.22. The second-order valence-electron chi connectivity index (χ2n) is 7.10. The minimum atomic E-state index is -0.707. The minimum Gasteiger partial charge on any atom is -0.497 e. The van der Waals surface area contributed by atoms with Crippen molar-refractivity contribution >= 4 is 28.6 Å². The van der Waals surface area contributed by atoms with Crippen LogP contribution in [0.2, 0.25) is 0 Å². The van der Waals surface area contributed by atoms with Crippen molar-refractivity contribution < 1.29 is 18.7 Å². The molecule has 1 N–H and O–H groups in total. The van der Waals surface area contributed by atoms with E-state index in [2.05, 4.69) is 5.32 Å². The average Bonchev–Trinajstić information content (AvgIpc) is 2.66. The van der Waals surface area contributed by atoms with Gasteiger partial charge in [0.1, 0.15) is 28.2 Å². The number of benzene rings is 2. The van der Waals surface area contributed by atoms with Gasteiger partial charge in [-0.1, -0.05) is 6.08 Å². The van der Waals surface area contributed by atoms with Gasteiger partial charge in [0.15, 0.2) is 0 Å². The van der Waals surface area contributed by atoms with Gasteiger partial charge in [0.05, 0.1) is 7.11 Å². The average molecular weight is 377 g/mol. The number of methoxy groups -OCH3 is 1. The molecule has 3 aromatic rings. The lowest BCUT2D eigenvalue weighted by atomic mass is 10.0. The maximum Gasteiger partial charge on any atom is 0.349 e. The SMILES string of the molecule is COc1ccc2cc(C(=O)Nc3ccc4c(c3)C=CC(C)(C)O4)c(=O)oc2c1. The number of nitrogens with one attached hydrogen (secondary N) is 1. The molecule has 1 aliphatic rings. The largest absolute Gasteiger partial charge is 0.497 e. The van der Waals surface area contributed by atoms with E-state index in [-0.39, 0.29) is 11.2 Å².